The van der Waals surface area contributed by atoms with Crippen molar-refractivity contribution in [3.05, 3.63) is 0 Å². The molecule has 0 aromatic rings. The number of rotatable bonds is 31. The zero-order chi connectivity index (χ0) is 27.3. The van der Waals surface area contributed by atoms with Crippen LogP contribution in [0.1, 0.15) is 220 Å². The first-order valence-electron chi connectivity index (χ1n) is 17.9. The monoisotopic (exact) mass is 541 g/mol. The average molecular weight is 541 g/mol. The van der Waals surface area contributed by atoms with Crippen LogP contribution < -0.4 is 0 Å². The predicted octanol–water partition coefficient (Wildman–Crippen LogP) is 14.5. The van der Waals surface area contributed by atoms with E-state index in [1.54, 1.807) is 0 Å². The maximum atomic E-state index is 2.30. The van der Waals surface area contributed by atoms with E-state index in [1.807, 2.05) is 0 Å². The van der Waals surface area contributed by atoms with Crippen LogP contribution in [0.4, 0.5) is 0 Å². The molecule has 0 aliphatic heterocycles. The molecule has 0 bridgehead atoms. The number of hydrogen-bond acceptors (Lipinski definition) is 1. The van der Waals surface area contributed by atoms with E-state index >= 15 is 0 Å². The molecule has 0 spiro atoms. The lowest BCUT2D eigenvalue weighted by Gasteiger charge is -2.04. The van der Waals surface area contributed by atoms with E-state index in [2.05, 4.69) is 39.5 Å². The molecule has 0 unspecified atom stereocenters. The van der Waals surface area contributed by atoms with Gasteiger partial charge in [0.2, 0.25) is 0 Å². The van der Waals surface area contributed by atoms with Gasteiger partial charge < -0.3 is 0 Å². The standard InChI is InChI=1S/C24H50S.C12H26/c1-3-5-7-9-11-13-15-17-19-21-23-25-24-22-20-18-16-14-12-10-8-6-4-2;1-3-5-7-9-11-12-10-8-6-4-2/h3-24H2,1-2H3;3-12H2,1-2H3. The molecule has 0 saturated heterocycles. The molecule has 0 aliphatic rings. The lowest BCUT2D eigenvalue weighted by molar-refractivity contribution is 0.562. The van der Waals surface area contributed by atoms with E-state index in [4.69, 9.17) is 0 Å². The molecule has 226 valence electrons. The first kappa shape index (κ1) is 39.5. The Labute approximate surface area is 243 Å². The van der Waals surface area contributed by atoms with Crippen molar-refractivity contribution >= 4 is 11.8 Å². The molecule has 1 heteroatoms. The zero-order valence-corrected chi connectivity index (χ0v) is 27.9. The first-order valence-corrected chi connectivity index (χ1v) is 19.1. The molecule has 37 heavy (non-hydrogen) atoms. The molecule has 0 aliphatic carbocycles. The third kappa shape index (κ3) is 43.6. The largest absolute Gasteiger partial charge is 0.162 e. The molecule has 0 amide bonds. The van der Waals surface area contributed by atoms with Gasteiger partial charge in [-0.2, -0.15) is 11.8 Å². The van der Waals surface area contributed by atoms with Gasteiger partial charge in [0.1, 0.15) is 0 Å². The lowest BCUT2D eigenvalue weighted by Crippen LogP contribution is -1.87. The van der Waals surface area contributed by atoms with Crippen LogP contribution in [0.25, 0.3) is 0 Å². The van der Waals surface area contributed by atoms with Crippen molar-refractivity contribution in [3.8, 4) is 0 Å². The Balaban J connectivity index is 0. The summed E-state index contributed by atoms with van der Waals surface area (Å²) in [6, 6.07) is 0. The van der Waals surface area contributed by atoms with Gasteiger partial charge in [0.15, 0.2) is 0 Å². The minimum atomic E-state index is 1.37. The molecular weight excluding hydrogens is 464 g/mol. The summed E-state index contributed by atoms with van der Waals surface area (Å²) in [5.74, 6) is 2.82. The maximum Gasteiger partial charge on any atom is -0.00675 e. The molecule has 0 N–H and O–H groups in total. The van der Waals surface area contributed by atoms with Crippen molar-refractivity contribution in [1.29, 1.82) is 0 Å². The summed E-state index contributed by atoms with van der Waals surface area (Å²) in [6.45, 7) is 9.16. The quantitative estimate of drug-likeness (QED) is 0.0788. The van der Waals surface area contributed by atoms with Gasteiger partial charge in [-0.3, -0.25) is 0 Å². The van der Waals surface area contributed by atoms with Gasteiger partial charge in [-0.1, -0.05) is 207 Å². The molecule has 0 radical (unpaired) electrons. The van der Waals surface area contributed by atoms with Gasteiger partial charge in [-0.25, -0.2) is 0 Å². The van der Waals surface area contributed by atoms with E-state index in [1.165, 1.54) is 204 Å². The lowest BCUT2D eigenvalue weighted by atomic mass is 10.1. The Morgan fingerprint density at radius 3 is 0.568 bits per heavy atom. The predicted molar refractivity (Wildman–Crippen MR) is 179 cm³/mol. The number of thioether (sulfide) groups is 1. The second kappa shape index (κ2) is 40.8. The van der Waals surface area contributed by atoms with Crippen LogP contribution in [0, 0.1) is 0 Å². The van der Waals surface area contributed by atoms with Crippen LogP contribution in [0.5, 0.6) is 0 Å². The fourth-order valence-electron chi connectivity index (χ4n) is 5.05. The van der Waals surface area contributed by atoms with E-state index in [0.29, 0.717) is 0 Å². The van der Waals surface area contributed by atoms with Crippen molar-refractivity contribution in [3.63, 3.8) is 0 Å². The van der Waals surface area contributed by atoms with E-state index in [9.17, 15) is 0 Å². The molecule has 0 heterocycles. The van der Waals surface area contributed by atoms with Crippen LogP contribution in [0.2, 0.25) is 0 Å². The Hall–Kier alpha value is 0.350. The van der Waals surface area contributed by atoms with Crippen LogP contribution in [0.15, 0.2) is 0 Å². The van der Waals surface area contributed by atoms with Gasteiger partial charge in [0.05, 0.1) is 0 Å². The first-order chi connectivity index (χ1) is 18.3. The summed E-state index contributed by atoms with van der Waals surface area (Å²) in [4.78, 5) is 0. The summed E-state index contributed by atoms with van der Waals surface area (Å²) in [7, 11) is 0. The molecule has 0 saturated carbocycles. The smallest absolute Gasteiger partial charge is 0.00675 e. The summed E-state index contributed by atoms with van der Waals surface area (Å²) in [6.07, 6.45) is 43.6. The normalized spacial score (nSPS) is 11.0. The van der Waals surface area contributed by atoms with Crippen LogP contribution in [0.3, 0.4) is 0 Å². The van der Waals surface area contributed by atoms with Crippen molar-refractivity contribution in [2.75, 3.05) is 11.5 Å². The summed E-state index contributed by atoms with van der Waals surface area (Å²) in [5.41, 5.74) is 0. The zero-order valence-electron chi connectivity index (χ0n) is 27.0. The second-order valence-electron chi connectivity index (χ2n) is 11.8. The summed E-state index contributed by atoms with van der Waals surface area (Å²) in [5, 5.41) is 0. The Morgan fingerprint density at radius 2 is 0.378 bits per heavy atom. The Kier molecular flexibility index (Phi) is 43.6. The number of unbranched alkanes of at least 4 members (excludes halogenated alkanes) is 27. The van der Waals surface area contributed by atoms with Crippen LogP contribution >= 0.6 is 11.8 Å². The van der Waals surface area contributed by atoms with Crippen molar-refractivity contribution in [2.45, 2.75) is 220 Å². The van der Waals surface area contributed by atoms with E-state index in [0.717, 1.165) is 0 Å². The van der Waals surface area contributed by atoms with Crippen molar-refractivity contribution in [1.82, 2.24) is 0 Å². The average Bonchev–Trinajstić information content (AvgIpc) is 2.91. The van der Waals surface area contributed by atoms with Gasteiger partial charge in [0.25, 0.3) is 0 Å². The fourth-order valence-corrected chi connectivity index (χ4v) is 6.07. The topological polar surface area (TPSA) is 0 Å². The van der Waals surface area contributed by atoms with Gasteiger partial charge in [0, 0.05) is 0 Å². The molecular formula is C36H76S. The third-order valence-corrected chi connectivity index (χ3v) is 8.90. The van der Waals surface area contributed by atoms with E-state index in [-0.39, 0.29) is 0 Å². The highest BCUT2D eigenvalue weighted by Crippen LogP contribution is 2.15. The minimum Gasteiger partial charge on any atom is -0.162 e. The second-order valence-corrected chi connectivity index (χ2v) is 13.0. The highest BCUT2D eigenvalue weighted by atomic mass is 32.2. The minimum absolute atomic E-state index is 1.37. The van der Waals surface area contributed by atoms with Crippen LogP contribution in [-0.2, 0) is 0 Å². The van der Waals surface area contributed by atoms with Crippen molar-refractivity contribution < 1.29 is 0 Å². The molecule has 0 aromatic heterocycles. The Morgan fingerprint density at radius 1 is 0.216 bits per heavy atom. The van der Waals surface area contributed by atoms with E-state index < -0.39 is 0 Å². The van der Waals surface area contributed by atoms with Gasteiger partial charge in [-0.05, 0) is 24.3 Å². The molecule has 0 aromatic carbocycles. The SMILES string of the molecule is CCCCCCCCCCCC.CCCCCCCCCCCCSCCCCCCCCCCCC. The maximum absolute atomic E-state index is 2.30. The summed E-state index contributed by atoms with van der Waals surface area (Å²) < 4.78 is 0. The van der Waals surface area contributed by atoms with Crippen molar-refractivity contribution in [2.24, 2.45) is 0 Å². The molecule has 0 rings (SSSR count). The fraction of sp³-hybridized carbons (Fsp3) is 1.00. The van der Waals surface area contributed by atoms with Gasteiger partial charge in [-0.15, -0.1) is 0 Å². The summed E-state index contributed by atoms with van der Waals surface area (Å²) >= 11 is 2.21. The number of hydrogen-bond donors (Lipinski definition) is 0. The van der Waals surface area contributed by atoms with Crippen LogP contribution in [-0.4, -0.2) is 11.5 Å². The van der Waals surface area contributed by atoms with Gasteiger partial charge >= 0.3 is 0 Å². The third-order valence-electron chi connectivity index (χ3n) is 7.74. The molecule has 0 nitrogen and oxygen atoms in total. The highest BCUT2D eigenvalue weighted by molar-refractivity contribution is 7.99. The Bertz CT molecular complexity index is 308. The molecule has 0 fully saturated rings. The molecule has 0 atom stereocenters. The highest BCUT2D eigenvalue weighted by Gasteiger charge is 1.95.